The topological polar surface area (TPSA) is 29.1 Å². The largest absolute Gasteiger partial charge is 0.346 e. The van der Waals surface area contributed by atoms with Gasteiger partial charge in [0.25, 0.3) is 5.91 Å². The average Bonchev–Trinajstić information content (AvgIpc) is 2.21. The number of nitrogens with one attached hydrogen (secondary N) is 1. The van der Waals surface area contributed by atoms with E-state index < -0.39 is 23.1 Å². The Morgan fingerprint density at radius 1 is 1.39 bits per heavy atom. The van der Waals surface area contributed by atoms with Crippen LogP contribution in [0.25, 0.3) is 0 Å². The fourth-order valence-corrected chi connectivity index (χ4v) is 2.63. The minimum Gasteiger partial charge on any atom is -0.346 e. The second kappa shape index (κ2) is 4.96. The monoisotopic (exact) mass is 317 g/mol. The lowest BCUT2D eigenvalue weighted by Gasteiger charge is -2.42. The first kappa shape index (κ1) is 13.5. The van der Waals surface area contributed by atoms with Gasteiger partial charge in [0.15, 0.2) is 0 Å². The van der Waals surface area contributed by atoms with Crippen LogP contribution in [0.4, 0.5) is 8.78 Å². The highest BCUT2D eigenvalue weighted by molar-refractivity contribution is 9.10. The highest BCUT2D eigenvalue weighted by atomic mass is 79.9. The van der Waals surface area contributed by atoms with E-state index >= 15 is 0 Å². The Hall–Kier alpha value is -0.970. The van der Waals surface area contributed by atoms with E-state index in [4.69, 9.17) is 0 Å². The average molecular weight is 318 g/mol. The molecular formula is C13H14BrF2NO. The highest BCUT2D eigenvalue weighted by Gasteiger charge is 2.37. The molecule has 0 spiro atoms. The predicted octanol–water partition coefficient (Wildman–Crippen LogP) is 3.79. The van der Waals surface area contributed by atoms with Gasteiger partial charge in [-0.05, 0) is 37.8 Å². The van der Waals surface area contributed by atoms with Crippen molar-refractivity contribution in [1.82, 2.24) is 5.32 Å². The minimum absolute atomic E-state index is 0.275. The predicted molar refractivity (Wildman–Crippen MR) is 68.4 cm³/mol. The van der Waals surface area contributed by atoms with Crippen LogP contribution in [0.5, 0.6) is 0 Å². The zero-order valence-electron chi connectivity index (χ0n) is 10.0. The molecule has 2 nitrogen and oxygen atoms in total. The Labute approximate surface area is 113 Å². The van der Waals surface area contributed by atoms with Gasteiger partial charge in [0.05, 0.1) is 0 Å². The first-order chi connectivity index (χ1) is 8.47. The summed E-state index contributed by atoms with van der Waals surface area (Å²) < 4.78 is 27.5. The zero-order valence-corrected chi connectivity index (χ0v) is 11.6. The van der Waals surface area contributed by atoms with Crippen molar-refractivity contribution < 1.29 is 13.6 Å². The van der Waals surface area contributed by atoms with Crippen LogP contribution in [0.1, 0.15) is 43.0 Å². The van der Waals surface area contributed by atoms with E-state index in [0.29, 0.717) is 0 Å². The standard InChI is InChI=1S/C13H14BrF2NO/c1-2-13(4-3-5-13)17-12(18)11-9(15)6-8(14)7-10(11)16/h6-7H,2-5H2,1H3,(H,17,18). The van der Waals surface area contributed by atoms with Crippen molar-refractivity contribution in [1.29, 1.82) is 0 Å². The van der Waals surface area contributed by atoms with Gasteiger partial charge >= 0.3 is 0 Å². The van der Waals surface area contributed by atoms with Gasteiger partial charge in [-0.25, -0.2) is 8.78 Å². The molecule has 0 heterocycles. The molecule has 1 aromatic rings. The summed E-state index contributed by atoms with van der Waals surface area (Å²) in [5.74, 6) is -2.35. The molecule has 98 valence electrons. The van der Waals surface area contributed by atoms with Crippen LogP contribution in [0, 0.1) is 11.6 Å². The van der Waals surface area contributed by atoms with Crippen LogP contribution in [0.15, 0.2) is 16.6 Å². The number of rotatable bonds is 3. The molecule has 1 aliphatic rings. The third-order valence-electron chi connectivity index (χ3n) is 3.60. The fraction of sp³-hybridized carbons (Fsp3) is 0.462. The molecule has 1 aliphatic carbocycles. The number of hydrogen-bond acceptors (Lipinski definition) is 1. The lowest BCUT2D eigenvalue weighted by atomic mass is 9.74. The number of benzene rings is 1. The zero-order chi connectivity index (χ0) is 13.3. The summed E-state index contributed by atoms with van der Waals surface area (Å²) in [5.41, 5.74) is -0.777. The third kappa shape index (κ3) is 2.41. The second-order valence-corrected chi connectivity index (χ2v) is 5.60. The molecule has 5 heteroatoms. The number of halogens is 3. The summed E-state index contributed by atoms with van der Waals surface area (Å²) in [7, 11) is 0. The van der Waals surface area contributed by atoms with Crippen LogP contribution in [-0.2, 0) is 0 Å². The van der Waals surface area contributed by atoms with Crippen LogP contribution in [-0.4, -0.2) is 11.4 Å². The first-order valence-corrected chi connectivity index (χ1v) is 6.74. The molecule has 1 N–H and O–H groups in total. The normalized spacial score (nSPS) is 17.1. The van der Waals surface area contributed by atoms with Gasteiger partial charge in [-0.3, -0.25) is 4.79 Å². The lowest BCUT2D eigenvalue weighted by Crippen LogP contribution is -2.53. The molecule has 1 saturated carbocycles. The van der Waals surface area contributed by atoms with Gasteiger partial charge in [0.1, 0.15) is 17.2 Å². The summed E-state index contributed by atoms with van der Waals surface area (Å²) in [6.45, 7) is 1.97. The SMILES string of the molecule is CCC1(NC(=O)c2c(F)cc(Br)cc2F)CCC1. The fourth-order valence-electron chi connectivity index (χ4n) is 2.23. The van der Waals surface area contributed by atoms with Crippen LogP contribution in [0.3, 0.4) is 0 Å². The number of hydrogen-bond donors (Lipinski definition) is 1. The van der Waals surface area contributed by atoms with Crippen molar-refractivity contribution in [2.45, 2.75) is 38.1 Å². The molecule has 0 atom stereocenters. The molecule has 0 aliphatic heterocycles. The highest BCUT2D eigenvalue weighted by Crippen LogP contribution is 2.35. The van der Waals surface area contributed by atoms with E-state index in [1.807, 2.05) is 6.92 Å². The van der Waals surface area contributed by atoms with Crippen molar-refractivity contribution in [2.24, 2.45) is 0 Å². The van der Waals surface area contributed by atoms with Gasteiger partial charge in [-0.1, -0.05) is 22.9 Å². The van der Waals surface area contributed by atoms with E-state index in [-0.39, 0.29) is 10.0 Å². The van der Waals surface area contributed by atoms with Crippen LogP contribution < -0.4 is 5.32 Å². The third-order valence-corrected chi connectivity index (χ3v) is 4.06. The smallest absolute Gasteiger partial charge is 0.257 e. The van der Waals surface area contributed by atoms with Gasteiger partial charge in [0, 0.05) is 10.0 Å². The van der Waals surface area contributed by atoms with Crippen LogP contribution >= 0.6 is 15.9 Å². The Morgan fingerprint density at radius 2 is 1.94 bits per heavy atom. The van der Waals surface area contributed by atoms with E-state index in [9.17, 15) is 13.6 Å². The van der Waals surface area contributed by atoms with E-state index in [2.05, 4.69) is 21.2 Å². The van der Waals surface area contributed by atoms with Crippen molar-refractivity contribution in [3.8, 4) is 0 Å². The molecule has 2 rings (SSSR count). The maximum absolute atomic E-state index is 13.6. The van der Waals surface area contributed by atoms with Crippen molar-refractivity contribution in [3.05, 3.63) is 33.8 Å². The van der Waals surface area contributed by atoms with E-state index in [1.165, 1.54) is 0 Å². The molecule has 18 heavy (non-hydrogen) atoms. The molecule has 0 saturated heterocycles. The number of carbonyl (C=O) groups excluding carboxylic acids is 1. The van der Waals surface area contributed by atoms with E-state index in [0.717, 1.165) is 37.8 Å². The second-order valence-electron chi connectivity index (χ2n) is 4.69. The molecule has 1 aromatic carbocycles. The summed E-state index contributed by atoms with van der Waals surface area (Å²) in [6.07, 6.45) is 3.56. The first-order valence-electron chi connectivity index (χ1n) is 5.94. The molecule has 0 unspecified atom stereocenters. The molecular weight excluding hydrogens is 304 g/mol. The number of carbonyl (C=O) groups is 1. The number of amides is 1. The van der Waals surface area contributed by atoms with Gasteiger partial charge in [-0.15, -0.1) is 0 Å². The Bertz CT molecular complexity index is 457. The van der Waals surface area contributed by atoms with Gasteiger partial charge < -0.3 is 5.32 Å². The van der Waals surface area contributed by atoms with Crippen LogP contribution in [0.2, 0.25) is 0 Å². The molecule has 0 radical (unpaired) electrons. The quantitative estimate of drug-likeness (QED) is 0.903. The minimum atomic E-state index is -0.843. The maximum Gasteiger partial charge on any atom is 0.257 e. The Balaban J connectivity index is 2.24. The maximum atomic E-state index is 13.6. The van der Waals surface area contributed by atoms with Crippen molar-refractivity contribution in [3.63, 3.8) is 0 Å². The molecule has 0 bridgehead atoms. The lowest BCUT2D eigenvalue weighted by molar-refractivity contribution is 0.0812. The van der Waals surface area contributed by atoms with Crippen molar-refractivity contribution >= 4 is 21.8 Å². The molecule has 1 amide bonds. The summed E-state index contributed by atoms with van der Waals surface area (Å²) >= 11 is 2.98. The van der Waals surface area contributed by atoms with E-state index in [1.54, 1.807) is 0 Å². The summed E-state index contributed by atoms with van der Waals surface area (Å²) in [4.78, 5) is 12.0. The summed E-state index contributed by atoms with van der Waals surface area (Å²) in [5, 5.41) is 2.76. The van der Waals surface area contributed by atoms with Crippen molar-refractivity contribution in [2.75, 3.05) is 0 Å². The summed E-state index contributed by atoms with van der Waals surface area (Å²) in [6, 6.07) is 2.19. The van der Waals surface area contributed by atoms with Gasteiger partial charge in [0.2, 0.25) is 0 Å². The Morgan fingerprint density at radius 3 is 2.33 bits per heavy atom. The molecule has 1 fully saturated rings. The van der Waals surface area contributed by atoms with Gasteiger partial charge in [-0.2, -0.15) is 0 Å². The Kier molecular flexibility index (Phi) is 3.71. The molecule has 0 aromatic heterocycles.